The van der Waals surface area contributed by atoms with Crippen molar-refractivity contribution in [3.8, 4) is 0 Å². The summed E-state index contributed by atoms with van der Waals surface area (Å²) in [6.45, 7) is 0. The second kappa shape index (κ2) is 3.93. The van der Waals surface area contributed by atoms with Crippen LogP contribution in [0.3, 0.4) is 0 Å². The summed E-state index contributed by atoms with van der Waals surface area (Å²) in [5.74, 6) is -3.62. The van der Waals surface area contributed by atoms with Gasteiger partial charge >= 0.3 is 12.4 Å². The lowest BCUT2D eigenvalue weighted by atomic mass is 10.1. The Morgan fingerprint density at radius 3 is 1.29 bits per heavy atom. The average molecular weight is 226 g/mol. The van der Waals surface area contributed by atoms with Crippen LogP contribution in [-0.2, 0) is 9.47 Å². The molecule has 0 unspecified atom stereocenters. The third-order valence-corrected chi connectivity index (χ3v) is 1.52. The van der Waals surface area contributed by atoms with E-state index in [2.05, 4.69) is 9.47 Å². The molecule has 0 rings (SSSR count). The summed E-state index contributed by atoms with van der Waals surface area (Å²) in [6, 6.07) is 0. The molecule has 0 aliphatic rings. The number of hydrogen-bond acceptors (Lipinski definition) is 2. The molecule has 8 heteroatoms. The van der Waals surface area contributed by atoms with Crippen LogP contribution in [0, 0.1) is 0 Å². The van der Waals surface area contributed by atoms with E-state index in [9.17, 15) is 26.3 Å². The van der Waals surface area contributed by atoms with Crippen molar-refractivity contribution >= 4 is 0 Å². The minimum atomic E-state index is -5.24. The summed E-state index contributed by atoms with van der Waals surface area (Å²) in [5, 5.41) is 0. The minimum absolute atomic E-state index is 0.503. The Balaban J connectivity index is 4.91. The highest BCUT2D eigenvalue weighted by atomic mass is 19.4. The van der Waals surface area contributed by atoms with Crippen LogP contribution in [0.4, 0.5) is 26.3 Å². The molecule has 0 aliphatic carbocycles. The van der Waals surface area contributed by atoms with E-state index >= 15 is 0 Å². The van der Waals surface area contributed by atoms with Gasteiger partial charge in [0.1, 0.15) is 6.42 Å². The molecular weight excluding hydrogens is 218 g/mol. The van der Waals surface area contributed by atoms with Crippen molar-refractivity contribution in [1.82, 2.24) is 0 Å². The van der Waals surface area contributed by atoms with E-state index in [0.29, 0.717) is 14.2 Å². The van der Waals surface area contributed by atoms with Gasteiger partial charge in [-0.3, -0.25) is 0 Å². The zero-order chi connectivity index (χ0) is 11.6. The molecule has 0 spiro atoms. The van der Waals surface area contributed by atoms with Gasteiger partial charge in [0.15, 0.2) is 0 Å². The van der Waals surface area contributed by atoms with E-state index in [4.69, 9.17) is 0 Å². The van der Waals surface area contributed by atoms with Crippen LogP contribution in [-0.4, -0.2) is 32.4 Å². The Labute approximate surface area is 75.8 Å². The van der Waals surface area contributed by atoms with Gasteiger partial charge in [-0.1, -0.05) is 0 Å². The molecule has 0 fully saturated rings. The van der Waals surface area contributed by atoms with Gasteiger partial charge in [-0.2, -0.15) is 26.3 Å². The highest BCUT2D eigenvalue weighted by Crippen LogP contribution is 2.41. The predicted molar refractivity (Wildman–Crippen MR) is 33.5 cm³/mol. The second-order valence-electron chi connectivity index (χ2n) is 2.45. The molecule has 0 radical (unpaired) electrons. The fourth-order valence-electron chi connectivity index (χ4n) is 0.823. The maximum absolute atomic E-state index is 12.2. The lowest BCUT2D eigenvalue weighted by Crippen LogP contribution is -2.51. The van der Waals surface area contributed by atoms with Crippen molar-refractivity contribution in [3.63, 3.8) is 0 Å². The molecule has 0 amide bonds. The monoisotopic (exact) mass is 226 g/mol. The normalized spacial score (nSPS) is 14.6. The topological polar surface area (TPSA) is 18.5 Å². The zero-order valence-electron chi connectivity index (χ0n) is 7.29. The third kappa shape index (κ3) is 3.02. The van der Waals surface area contributed by atoms with Crippen LogP contribution in [0.25, 0.3) is 0 Å². The molecule has 0 aromatic rings. The number of hydrogen-bond donors (Lipinski definition) is 0. The first kappa shape index (κ1) is 13.5. The number of ether oxygens (including phenoxy) is 2. The molecule has 0 atom stereocenters. The predicted octanol–water partition coefficient (Wildman–Crippen LogP) is 2.49. The molecule has 14 heavy (non-hydrogen) atoms. The number of alkyl halides is 6. The summed E-state index contributed by atoms with van der Waals surface area (Å²) in [5.41, 5.74) is 0. The van der Waals surface area contributed by atoms with Crippen molar-refractivity contribution in [1.29, 1.82) is 0 Å². The largest absolute Gasteiger partial charge is 0.443 e. The summed E-state index contributed by atoms with van der Waals surface area (Å²) in [4.78, 5) is 0. The first-order valence-corrected chi connectivity index (χ1v) is 3.32. The molecule has 0 saturated heterocycles. The highest BCUT2D eigenvalue weighted by Gasteiger charge is 2.61. The summed E-state index contributed by atoms with van der Waals surface area (Å²) in [7, 11) is 1.01. The number of halogens is 6. The first-order chi connectivity index (χ1) is 6.08. The molecule has 0 saturated carbocycles. The Morgan fingerprint density at radius 1 is 0.857 bits per heavy atom. The Hall–Kier alpha value is -0.500. The van der Waals surface area contributed by atoms with E-state index in [-0.39, 0.29) is 0 Å². The maximum Gasteiger partial charge on any atom is 0.443 e. The number of rotatable bonds is 3. The van der Waals surface area contributed by atoms with Gasteiger partial charge in [-0.05, 0) is 0 Å². The first-order valence-electron chi connectivity index (χ1n) is 3.32. The fraction of sp³-hybridized carbons (Fsp3) is 1.00. The molecule has 86 valence electrons. The van der Waals surface area contributed by atoms with Crippen LogP contribution in [0.5, 0.6) is 0 Å². The quantitative estimate of drug-likeness (QED) is 0.543. The molecule has 0 aliphatic heterocycles. The minimum Gasteiger partial charge on any atom is -0.346 e. The second-order valence-corrected chi connectivity index (χ2v) is 2.45. The Bertz CT molecular complexity index is 180. The molecule has 2 nitrogen and oxygen atoms in total. The molecular formula is C6H8F6O2. The summed E-state index contributed by atoms with van der Waals surface area (Å²) >= 11 is 0. The van der Waals surface area contributed by atoms with Gasteiger partial charge in [0.25, 0.3) is 5.79 Å². The lowest BCUT2D eigenvalue weighted by molar-refractivity contribution is -0.389. The smallest absolute Gasteiger partial charge is 0.346 e. The highest BCUT2D eigenvalue weighted by molar-refractivity contribution is 4.81. The van der Waals surface area contributed by atoms with Crippen molar-refractivity contribution in [2.24, 2.45) is 0 Å². The zero-order valence-corrected chi connectivity index (χ0v) is 7.29. The van der Waals surface area contributed by atoms with Crippen molar-refractivity contribution in [2.75, 3.05) is 14.2 Å². The van der Waals surface area contributed by atoms with Crippen LogP contribution in [0.1, 0.15) is 6.42 Å². The van der Waals surface area contributed by atoms with E-state index in [1.54, 1.807) is 0 Å². The maximum atomic E-state index is 12.2. The molecule has 0 aromatic carbocycles. The van der Waals surface area contributed by atoms with E-state index in [1.807, 2.05) is 0 Å². The van der Waals surface area contributed by atoms with E-state index < -0.39 is 24.6 Å². The average Bonchev–Trinajstić information content (AvgIpc) is 1.96. The van der Waals surface area contributed by atoms with Crippen LogP contribution in [0.15, 0.2) is 0 Å². The SMILES string of the molecule is COC(CC(F)(F)F)(OC)C(F)(F)F. The number of methoxy groups -OCH3 is 2. The molecule has 0 heterocycles. The van der Waals surface area contributed by atoms with Gasteiger partial charge < -0.3 is 9.47 Å². The molecule has 0 N–H and O–H groups in total. The Morgan fingerprint density at radius 2 is 1.21 bits per heavy atom. The van der Waals surface area contributed by atoms with Crippen molar-refractivity contribution in [2.45, 2.75) is 24.6 Å². The molecule has 0 bridgehead atoms. The molecule has 0 aromatic heterocycles. The summed E-state index contributed by atoms with van der Waals surface area (Å²) in [6.07, 6.45) is -12.5. The summed E-state index contributed by atoms with van der Waals surface area (Å²) < 4.78 is 79.4. The van der Waals surface area contributed by atoms with Gasteiger partial charge in [0.2, 0.25) is 0 Å². The van der Waals surface area contributed by atoms with Crippen molar-refractivity contribution in [3.05, 3.63) is 0 Å². The van der Waals surface area contributed by atoms with Gasteiger partial charge in [-0.15, -0.1) is 0 Å². The fourth-order valence-corrected chi connectivity index (χ4v) is 0.823. The third-order valence-electron chi connectivity index (χ3n) is 1.52. The standard InChI is InChI=1S/C6H8F6O2/c1-13-4(14-2,6(10,11)12)3-5(7,8)9/h3H2,1-2H3. The van der Waals surface area contributed by atoms with Crippen molar-refractivity contribution < 1.29 is 35.8 Å². The van der Waals surface area contributed by atoms with E-state index in [0.717, 1.165) is 0 Å². The lowest BCUT2D eigenvalue weighted by Gasteiger charge is -2.33. The van der Waals surface area contributed by atoms with E-state index in [1.165, 1.54) is 0 Å². The Kier molecular flexibility index (Phi) is 3.79. The van der Waals surface area contributed by atoms with Gasteiger partial charge in [0.05, 0.1) is 0 Å². The van der Waals surface area contributed by atoms with Crippen LogP contribution >= 0.6 is 0 Å². The van der Waals surface area contributed by atoms with Crippen LogP contribution < -0.4 is 0 Å². The van der Waals surface area contributed by atoms with Gasteiger partial charge in [0, 0.05) is 14.2 Å². The van der Waals surface area contributed by atoms with Gasteiger partial charge in [-0.25, -0.2) is 0 Å². The van der Waals surface area contributed by atoms with Crippen LogP contribution in [0.2, 0.25) is 0 Å².